The molecule has 0 N–H and O–H groups in total. The number of carbonyl (C=O) groups is 1. The molecule has 1 amide bonds. The van der Waals surface area contributed by atoms with E-state index in [4.69, 9.17) is 4.74 Å². The van der Waals surface area contributed by atoms with Crippen LogP contribution >= 0.6 is 15.9 Å². The number of ether oxygens (including phenoxy) is 1. The van der Waals surface area contributed by atoms with Crippen LogP contribution in [0.1, 0.15) is 45.2 Å². The van der Waals surface area contributed by atoms with E-state index in [-0.39, 0.29) is 17.5 Å². The van der Waals surface area contributed by atoms with Crippen LogP contribution in [0, 0.1) is 0 Å². The number of hydrogen-bond acceptors (Lipinski definition) is 3. The standard InChI is InChI=1S/C18H21BrF3N3O2/c1-17(2,3)27-16(26)24-6-4-12(5-7-24)25-10-13-14(18(20,21)22)8-11(19)9-15(13)23-25/h8-10,12H,4-7H2,1-3H3. The summed E-state index contributed by atoms with van der Waals surface area (Å²) in [6, 6.07) is 2.59. The lowest BCUT2D eigenvalue weighted by Gasteiger charge is -2.33. The molecular weight excluding hydrogens is 427 g/mol. The van der Waals surface area contributed by atoms with Gasteiger partial charge in [0.05, 0.1) is 17.1 Å². The third-order valence-electron chi connectivity index (χ3n) is 4.40. The quantitative estimate of drug-likeness (QED) is 0.588. The van der Waals surface area contributed by atoms with Crippen molar-refractivity contribution in [1.29, 1.82) is 0 Å². The number of piperidine rings is 1. The molecule has 0 saturated carbocycles. The van der Waals surface area contributed by atoms with Gasteiger partial charge in [0.25, 0.3) is 0 Å². The Labute approximate surface area is 163 Å². The lowest BCUT2D eigenvalue weighted by molar-refractivity contribution is -0.136. The molecule has 1 saturated heterocycles. The van der Waals surface area contributed by atoms with Crippen LogP contribution in [0.3, 0.4) is 0 Å². The van der Waals surface area contributed by atoms with Gasteiger partial charge in [0.15, 0.2) is 0 Å². The van der Waals surface area contributed by atoms with Crippen LogP contribution in [-0.4, -0.2) is 39.5 Å². The van der Waals surface area contributed by atoms with Crippen molar-refractivity contribution in [2.75, 3.05) is 13.1 Å². The minimum Gasteiger partial charge on any atom is -0.444 e. The van der Waals surface area contributed by atoms with E-state index in [2.05, 4.69) is 21.0 Å². The largest absolute Gasteiger partial charge is 0.444 e. The van der Waals surface area contributed by atoms with Crippen molar-refractivity contribution in [2.45, 2.75) is 51.4 Å². The van der Waals surface area contributed by atoms with Crippen LogP contribution in [0.2, 0.25) is 0 Å². The summed E-state index contributed by atoms with van der Waals surface area (Å²) in [5.41, 5.74) is -0.967. The van der Waals surface area contributed by atoms with E-state index >= 15 is 0 Å². The van der Waals surface area contributed by atoms with Crippen LogP contribution in [0.4, 0.5) is 18.0 Å². The first-order valence-corrected chi connectivity index (χ1v) is 9.47. The molecule has 9 heteroatoms. The maximum absolute atomic E-state index is 13.3. The summed E-state index contributed by atoms with van der Waals surface area (Å²) in [6.07, 6.45) is -2.14. The first kappa shape index (κ1) is 20.0. The Balaban J connectivity index is 1.77. The number of benzene rings is 1. The van der Waals surface area contributed by atoms with Crippen molar-refractivity contribution in [1.82, 2.24) is 14.7 Å². The lowest BCUT2D eigenvalue weighted by atomic mass is 10.1. The lowest BCUT2D eigenvalue weighted by Crippen LogP contribution is -2.42. The normalized spacial score (nSPS) is 16.8. The van der Waals surface area contributed by atoms with Crippen molar-refractivity contribution < 1.29 is 22.7 Å². The average molecular weight is 448 g/mol. The maximum atomic E-state index is 13.3. The molecule has 2 heterocycles. The molecule has 0 bridgehead atoms. The highest BCUT2D eigenvalue weighted by Crippen LogP contribution is 2.37. The first-order valence-electron chi connectivity index (χ1n) is 8.67. The predicted molar refractivity (Wildman–Crippen MR) is 98.5 cm³/mol. The number of rotatable bonds is 1. The second-order valence-corrected chi connectivity index (χ2v) is 8.61. The van der Waals surface area contributed by atoms with Gasteiger partial charge in [-0.25, -0.2) is 4.79 Å². The molecule has 1 aromatic heterocycles. The van der Waals surface area contributed by atoms with Crippen molar-refractivity contribution in [2.24, 2.45) is 0 Å². The van der Waals surface area contributed by atoms with Gasteiger partial charge >= 0.3 is 12.3 Å². The fourth-order valence-electron chi connectivity index (χ4n) is 3.17. The molecule has 2 aromatic rings. The van der Waals surface area contributed by atoms with Crippen molar-refractivity contribution in [3.05, 3.63) is 28.4 Å². The molecule has 0 radical (unpaired) electrons. The fourth-order valence-corrected chi connectivity index (χ4v) is 3.61. The number of hydrogen-bond donors (Lipinski definition) is 0. The molecule has 1 aliphatic rings. The Bertz CT molecular complexity index is 850. The third kappa shape index (κ3) is 4.56. The van der Waals surface area contributed by atoms with Crippen LogP contribution in [0.5, 0.6) is 0 Å². The molecule has 0 spiro atoms. The number of aromatic nitrogens is 2. The number of alkyl halides is 3. The smallest absolute Gasteiger partial charge is 0.417 e. The average Bonchev–Trinajstić information content (AvgIpc) is 2.95. The van der Waals surface area contributed by atoms with Gasteiger partial charge < -0.3 is 9.64 Å². The number of carbonyl (C=O) groups excluding carboxylic acids is 1. The van der Waals surface area contributed by atoms with Gasteiger partial charge in [-0.2, -0.15) is 18.3 Å². The van der Waals surface area contributed by atoms with Gasteiger partial charge in [-0.05, 0) is 45.7 Å². The number of nitrogens with zero attached hydrogens (tertiary/aromatic N) is 3. The van der Waals surface area contributed by atoms with E-state index in [0.717, 1.165) is 6.07 Å². The molecule has 1 aliphatic heterocycles. The minimum atomic E-state index is -4.45. The molecule has 148 valence electrons. The molecule has 3 rings (SSSR count). The number of likely N-dealkylation sites (tertiary alicyclic amines) is 1. The fraction of sp³-hybridized carbons (Fsp3) is 0.556. The van der Waals surface area contributed by atoms with E-state index in [1.54, 1.807) is 15.6 Å². The Morgan fingerprint density at radius 2 is 1.85 bits per heavy atom. The molecule has 1 aromatic carbocycles. The summed E-state index contributed by atoms with van der Waals surface area (Å²) in [5, 5.41) is 4.44. The second-order valence-electron chi connectivity index (χ2n) is 7.69. The van der Waals surface area contributed by atoms with E-state index in [1.807, 2.05) is 20.8 Å². The zero-order valence-corrected chi connectivity index (χ0v) is 16.9. The summed E-state index contributed by atoms with van der Waals surface area (Å²) in [7, 11) is 0. The molecular formula is C18H21BrF3N3O2. The summed E-state index contributed by atoms with van der Waals surface area (Å²) in [4.78, 5) is 13.8. The number of amides is 1. The minimum absolute atomic E-state index is 0.0593. The summed E-state index contributed by atoms with van der Waals surface area (Å²) >= 11 is 3.12. The molecule has 0 aliphatic carbocycles. The highest BCUT2D eigenvalue weighted by molar-refractivity contribution is 9.10. The Morgan fingerprint density at radius 1 is 1.22 bits per heavy atom. The van der Waals surface area contributed by atoms with Gasteiger partial charge in [0, 0.05) is 29.1 Å². The van der Waals surface area contributed by atoms with Crippen molar-refractivity contribution >= 4 is 32.9 Å². The predicted octanol–water partition coefficient (Wildman–Crippen LogP) is 5.39. The van der Waals surface area contributed by atoms with Crippen molar-refractivity contribution in [3.8, 4) is 0 Å². The summed E-state index contributed by atoms with van der Waals surface area (Å²) < 4.78 is 47.2. The Kier molecular flexibility index (Phi) is 5.18. The Hall–Kier alpha value is -1.77. The van der Waals surface area contributed by atoms with Gasteiger partial charge in [-0.3, -0.25) is 4.68 Å². The highest BCUT2D eigenvalue weighted by atomic mass is 79.9. The van der Waals surface area contributed by atoms with Crippen LogP contribution in [0.15, 0.2) is 22.8 Å². The molecule has 27 heavy (non-hydrogen) atoms. The first-order chi connectivity index (χ1) is 12.4. The summed E-state index contributed by atoms with van der Waals surface area (Å²) in [5.74, 6) is 0. The van der Waals surface area contributed by atoms with Gasteiger partial charge in [-0.15, -0.1) is 0 Å². The number of fused-ring (bicyclic) bond motifs is 1. The maximum Gasteiger partial charge on any atom is 0.417 e. The van der Waals surface area contributed by atoms with Gasteiger partial charge in [0.2, 0.25) is 0 Å². The molecule has 5 nitrogen and oxygen atoms in total. The highest BCUT2D eigenvalue weighted by Gasteiger charge is 2.34. The monoisotopic (exact) mass is 447 g/mol. The van der Waals surface area contributed by atoms with Crippen LogP contribution < -0.4 is 0 Å². The molecule has 0 unspecified atom stereocenters. The zero-order valence-electron chi connectivity index (χ0n) is 15.3. The van der Waals surface area contributed by atoms with Crippen LogP contribution in [-0.2, 0) is 10.9 Å². The van der Waals surface area contributed by atoms with E-state index in [0.29, 0.717) is 35.9 Å². The van der Waals surface area contributed by atoms with E-state index < -0.39 is 17.3 Å². The number of halogens is 4. The molecule has 1 fully saturated rings. The molecule has 0 atom stereocenters. The van der Waals surface area contributed by atoms with Gasteiger partial charge in [-0.1, -0.05) is 15.9 Å². The SMILES string of the molecule is CC(C)(C)OC(=O)N1CCC(n2cc3c(C(F)(F)F)cc(Br)cc3n2)CC1. The topological polar surface area (TPSA) is 47.4 Å². The van der Waals surface area contributed by atoms with E-state index in [9.17, 15) is 18.0 Å². The van der Waals surface area contributed by atoms with E-state index in [1.165, 1.54) is 6.20 Å². The third-order valence-corrected chi connectivity index (χ3v) is 4.86. The zero-order chi connectivity index (χ0) is 20.0. The Morgan fingerprint density at radius 3 is 2.41 bits per heavy atom. The second kappa shape index (κ2) is 7.00. The van der Waals surface area contributed by atoms with Gasteiger partial charge in [0.1, 0.15) is 5.60 Å². The summed E-state index contributed by atoms with van der Waals surface area (Å²) in [6.45, 7) is 6.38. The van der Waals surface area contributed by atoms with Crippen molar-refractivity contribution in [3.63, 3.8) is 0 Å². The van der Waals surface area contributed by atoms with Crippen LogP contribution in [0.25, 0.3) is 10.9 Å².